The molecule has 4 aromatic rings. The Morgan fingerprint density at radius 2 is 2.14 bits per heavy atom. The van der Waals surface area contributed by atoms with Crippen LogP contribution < -0.4 is 21.2 Å². The number of hydrogen-bond acceptors (Lipinski definition) is 8. The molecule has 180 valence electrons. The zero-order chi connectivity index (χ0) is 24.0. The van der Waals surface area contributed by atoms with E-state index in [1.807, 2.05) is 18.2 Å². The van der Waals surface area contributed by atoms with Gasteiger partial charge in [-0.2, -0.15) is 0 Å². The summed E-state index contributed by atoms with van der Waals surface area (Å²) < 4.78 is 23.9. The van der Waals surface area contributed by atoms with Crippen LogP contribution in [0, 0.1) is 5.82 Å². The summed E-state index contributed by atoms with van der Waals surface area (Å²) in [5.41, 5.74) is 7.24. The van der Waals surface area contributed by atoms with Crippen LogP contribution in [0.15, 0.2) is 35.4 Å². The lowest BCUT2D eigenvalue weighted by Crippen LogP contribution is -2.41. The van der Waals surface area contributed by atoms with E-state index in [9.17, 15) is 4.79 Å². The van der Waals surface area contributed by atoms with Gasteiger partial charge in [0, 0.05) is 24.6 Å². The van der Waals surface area contributed by atoms with Crippen LogP contribution in [0.1, 0.15) is 37.8 Å². The number of tetrazole rings is 1. The van der Waals surface area contributed by atoms with E-state index in [4.69, 9.17) is 10.5 Å². The van der Waals surface area contributed by atoms with Crippen LogP contribution in [0.5, 0.6) is 5.75 Å². The minimum absolute atomic E-state index is 0.0939. The molecule has 0 amide bonds. The Labute approximate surface area is 199 Å². The number of aryl methyl sites for hydroxylation is 1. The van der Waals surface area contributed by atoms with Gasteiger partial charge in [0.05, 0.1) is 27.7 Å². The number of nitrogen functional groups attached to an aromatic ring is 1. The van der Waals surface area contributed by atoms with Gasteiger partial charge in [-0.1, -0.05) is 18.9 Å². The molecule has 4 N–H and O–H groups in total. The lowest BCUT2D eigenvalue weighted by Gasteiger charge is -2.39. The third-order valence-electron chi connectivity index (χ3n) is 7.14. The molecule has 2 aliphatic rings. The third kappa shape index (κ3) is 3.41. The van der Waals surface area contributed by atoms with Crippen LogP contribution in [0.3, 0.4) is 0 Å². The van der Waals surface area contributed by atoms with E-state index < -0.39 is 11.2 Å². The summed E-state index contributed by atoms with van der Waals surface area (Å²) in [7, 11) is 0. The molecular formula is C24H25FN8O2. The van der Waals surface area contributed by atoms with Crippen molar-refractivity contribution in [3.63, 3.8) is 0 Å². The lowest BCUT2D eigenvalue weighted by molar-refractivity contribution is 0.143. The van der Waals surface area contributed by atoms with Gasteiger partial charge in [-0.25, -0.2) is 9.49 Å². The number of nitrogens with zero attached hydrogens (tertiary/aromatic N) is 5. The normalized spacial score (nSPS) is 16.0. The monoisotopic (exact) mass is 476 g/mol. The van der Waals surface area contributed by atoms with Crippen molar-refractivity contribution in [2.75, 3.05) is 24.2 Å². The molecule has 11 heteroatoms. The fourth-order valence-corrected chi connectivity index (χ4v) is 5.39. The Morgan fingerprint density at radius 1 is 1.29 bits per heavy atom. The summed E-state index contributed by atoms with van der Waals surface area (Å²) in [4.78, 5) is 17.8. The number of aromatic amines is 1. The maximum absolute atomic E-state index is 15.6. The fraction of sp³-hybridized carbons (Fsp3) is 0.375. The highest BCUT2D eigenvalue weighted by atomic mass is 19.1. The standard InChI is InChI=1S/C24H25FN8O2/c25-17-18(26)16-20-22(19(17)28-11-5-7-14-6-1-4-10-27-14)35-13-24(8-2-3-9-24)33(20)12-15(21(16)34)23-29-31-32-30-23/h1,4,6,10,12,28H,2-3,5,7-9,11,13,26H2,(H,29,30,31,32). The molecule has 1 aliphatic heterocycles. The molecule has 1 aromatic carbocycles. The molecule has 1 saturated carbocycles. The van der Waals surface area contributed by atoms with E-state index in [2.05, 4.69) is 35.5 Å². The number of aromatic nitrogens is 6. The molecule has 4 heterocycles. The van der Waals surface area contributed by atoms with Gasteiger partial charge in [0.2, 0.25) is 5.43 Å². The van der Waals surface area contributed by atoms with Crippen molar-refractivity contribution in [2.45, 2.75) is 44.1 Å². The van der Waals surface area contributed by atoms with E-state index >= 15 is 4.39 Å². The highest BCUT2D eigenvalue weighted by Crippen LogP contribution is 2.49. The zero-order valence-electron chi connectivity index (χ0n) is 19.1. The second-order valence-electron chi connectivity index (χ2n) is 9.22. The number of pyridine rings is 2. The first-order valence-electron chi connectivity index (χ1n) is 11.8. The molecule has 10 nitrogen and oxygen atoms in total. The average Bonchev–Trinajstić information content (AvgIpc) is 3.57. The van der Waals surface area contributed by atoms with Crippen molar-refractivity contribution in [1.29, 1.82) is 0 Å². The molecule has 0 saturated heterocycles. The Morgan fingerprint density at radius 3 is 2.89 bits per heavy atom. The number of halogens is 1. The maximum atomic E-state index is 15.6. The number of nitrogens with one attached hydrogen (secondary N) is 2. The van der Waals surface area contributed by atoms with Gasteiger partial charge in [-0.15, -0.1) is 5.10 Å². The number of H-pyrrole nitrogens is 1. The third-order valence-corrected chi connectivity index (χ3v) is 7.14. The van der Waals surface area contributed by atoms with E-state index in [1.165, 1.54) is 0 Å². The summed E-state index contributed by atoms with van der Waals surface area (Å²) in [5, 5.41) is 17.0. The van der Waals surface area contributed by atoms with Gasteiger partial charge in [-0.05, 0) is 48.2 Å². The van der Waals surface area contributed by atoms with Crippen LogP contribution in [0.2, 0.25) is 0 Å². The molecular weight excluding hydrogens is 451 g/mol. The summed E-state index contributed by atoms with van der Waals surface area (Å²) >= 11 is 0. The Kier molecular flexibility index (Phi) is 5.12. The van der Waals surface area contributed by atoms with Gasteiger partial charge < -0.3 is 20.4 Å². The molecule has 6 rings (SSSR count). The molecule has 0 bridgehead atoms. The molecule has 1 aliphatic carbocycles. The Bertz CT molecular complexity index is 1450. The summed E-state index contributed by atoms with van der Waals surface area (Å²) in [6.07, 6.45) is 8.88. The predicted octanol–water partition coefficient (Wildman–Crippen LogP) is 3.00. The first-order chi connectivity index (χ1) is 17.1. The molecule has 1 spiro atoms. The Balaban J connectivity index is 1.47. The summed E-state index contributed by atoms with van der Waals surface area (Å²) in [5.74, 6) is -0.149. The van der Waals surface area contributed by atoms with E-state index in [0.717, 1.165) is 44.2 Å². The van der Waals surface area contributed by atoms with Crippen LogP contribution in [0.25, 0.3) is 22.3 Å². The predicted molar refractivity (Wildman–Crippen MR) is 129 cm³/mol. The fourth-order valence-electron chi connectivity index (χ4n) is 5.39. The number of fused-ring (bicyclic) bond motifs is 1. The number of rotatable bonds is 6. The van der Waals surface area contributed by atoms with Crippen molar-refractivity contribution < 1.29 is 9.13 Å². The van der Waals surface area contributed by atoms with Crippen molar-refractivity contribution in [2.24, 2.45) is 0 Å². The van der Waals surface area contributed by atoms with Crippen molar-refractivity contribution in [3.8, 4) is 17.1 Å². The largest absolute Gasteiger partial charge is 0.487 e. The molecule has 3 aromatic heterocycles. The van der Waals surface area contributed by atoms with Gasteiger partial charge in [-0.3, -0.25) is 9.78 Å². The highest BCUT2D eigenvalue weighted by Gasteiger charge is 2.42. The van der Waals surface area contributed by atoms with Gasteiger partial charge >= 0.3 is 0 Å². The maximum Gasteiger partial charge on any atom is 0.202 e. The SMILES string of the molecule is Nc1c(F)c(NCCCc2ccccn2)c2c3c1c(=O)c(-c1nnn[nH]1)cn3C1(CCCC1)CO2. The quantitative estimate of drug-likeness (QED) is 0.285. The first kappa shape index (κ1) is 21.5. The smallest absolute Gasteiger partial charge is 0.202 e. The van der Waals surface area contributed by atoms with E-state index in [1.54, 1.807) is 12.4 Å². The van der Waals surface area contributed by atoms with Crippen LogP contribution in [-0.4, -0.2) is 43.3 Å². The number of ether oxygens (including phenoxy) is 1. The first-order valence-corrected chi connectivity index (χ1v) is 11.8. The second-order valence-corrected chi connectivity index (χ2v) is 9.22. The average molecular weight is 477 g/mol. The second kappa shape index (κ2) is 8.33. The van der Waals surface area contributed by atoms with E-state index in [0.29, 0.717) is 24.4 Å². The highest BCUT2D eigenvalue weighted by molar-refractivity contribution is 6.01. The number of anilines is 2. The molecule has 1 fully saturated rings. The minimum Gasteiger partial charge on any atom is -0.487 e. The topological polar surface area (TPSA) is 137 Å². The molecule has 35 heavy (non-hydrogen) atoms. The minimum atomic E-state index is -0.691. The number of benzene rings is 1. The van der Waals surface area contributed by atoms with Crippen LogP contribution >= 0.6 is 0 Å². The van der Waals surface area contributed by atoms with Gasteiger partial charge in [0.25, 0.3) is 0 Å². The molecule has 0 unspecified atom stereocenters. The lowest BCUT2D eigenvalue weighted by atomic mass is 9.93. The van der Waals surface area contributed by atoms with Crippen molar-refractivity contribution in [1.82, 2.24) is 30.2 Å². The summed E-state index contributed by atoms with van der Waals surface area (Å²) in [6, 6.07) is 5.78. The molecule has 0 atom stereocenters. The van der Waals surface area contributed by atoms with Crippen molar-refractivity contribution in [3.05, 3.63) is 52.3 Å². The summed E-state index contributed by atoms with van der Waals surface area (Å²) in [6.45, 7) is 0.879. The molecule has 0 radical (unpaired) electrons. The van der Waals surface area contributed by atoms with Crippen LogP contribution in [-0.2, 0) is 12.0 Å². The number of nitrogens with two attached hydrogens (primary N) is 1. The van der Waals surface area contributed by atoms with Gasteiger partial charge in [0.1, 0.15) is 12.3 Å². The zero-order valence-corrected chi connectivity index (χ0v) is 19.1. The van der Waals surface area contributed by atoms with Gasteiger partial charge in [0.15, 0.2) is 17.4 Å². The van der Waals surface area contributed by atoms with Crippen molar-refractivity contribution >= 4 is 22.3 Å². The van der Waals surface area contributed by atoms with Crippen LogP contribution in [0.4, 0.5) is 15.8 Å². The van der Waals surface area contributed by atoms with E-state index in [-0.39, 0.29) is 33.7 Å². The number of hydrogen-bond donors (Lipinski definition) is 3. The Hall–Kier alpha value is -4.02.